The van der Waals surface area contributed by atoms with Crippen LogP contribution in [0.5, 0.6) is 0 Å². The lowest BCUT2D eigenvalue weighted by molar-refractivity contribution is 0.621. The van der Waals surface area contributed by atoms with E-state index in [2.05, 4.69) is 25.5 Å². The molecular formula is C20H19FN8. The molecule has 0 spiro atoms. The SMILES string of the molecule is CC(N=N)c1c(N)ncnc1Nc1ccc2c(cnn2Cc2cccc(F)c2)c1. The van der Waals surface area contributed by atoms with Crippen LogP contribution in [0.3, 0.4) is 0 Å². The zero-order chi connectivity index (χ0) is 20.4. The number of aromatic nitrogens is 4. The summed E-state index contributed by atoms with van der Waals surface area (Å²) in [4.78, 5) is 8.24. The third-order valence-corrected chi connectivity index (χ3v) is 4.65. The van der Waals surface area contributed by atoms with E-state index in [1.807, 2.05) is 28.9 Å². The molecule has 1 unspecified atom stereocenters. The molecule has 4 N–H and O–H groups in total. The molecule has 0 aliphatic carbocycles. The van der Waals surface area contributed by atoms with Crippen LogP contribution in [-0.4, -0.2) is 19.7 Å². The number of nitrogens with zero attached hydrogens (tertiary/aromatic N) is 5. The van der Waals surface area contributed by atoms with Crippen molar-refractivity contribution in [3.63, 3.8) is 0 Å². The maximum absolute atomic E-state index is 13.4. The second-order valence-electron chi connectivity index (χ2n) is 6.66. The van der Waals surface area contributed by atoms with E-state index in [0.29, 0.717) is 17.9 Å². The minimum absolute atomic E-state index is 0.265. The van der Waals surface area contributed by atoms with Gasteiger partial charge in [0.2, 0.25) is 0 Å². The van der Waals surface area contributed by atoms with E-state index in [1.54, 1.807) is 19.2 Å². The summed E-state index contributed by atoms with van der Waals surface area (Å²) in [5.74, 6) is 0.529. The summed E-state index contributed by atoms with van der Waals surface area (Å²) in [6.45, 7) is 2.23. The smallest absolute Gasteiger partial charge is 0.141 e. The molecule has 0 bridgehead atoms. The van der Waals surface area contributed by atoms with Crippen molar-refractivity contribution in [3.05, 3.63) is 71.9 Å². The Hall–Kier alpha value is -3.88. The monoisotopic (exact) mass is 390 g/mol. The van der Waals surface area contributed by atoms with Gasteiger partial charge in [0.05, 0.1) is 29.9 Å². The van der Waals surface area contributed by atoms with Crippen molar-refractivity contribution in [1.29, 1.82) is 5.53 Å². The standard InChI is InChI=1S/C20H19FN8/c1-12(28-23)18-19(22)24-11-25-20(18)27-16-5-6-17-14(8-16)9-26-29(17)10-13-3-2-4-15(21)7-13/h2-9,11-12,23H,10H2,1H3,(H3,22,24,25,27). The number of anilines is 3. The van der Waals surface area contributed by atoms with Crippen molar-refractivity contribution in [3.8, 4) is 0 Å². The van der Waals surface area contributed by atoms with E-state index in [9.17, 15) is 4.39 Å². The molecule has 0 amide bonds. The minimum Gasteiger partial charge on any atom is -0.383 e. The van der Waals surface area contributed by atoms with Crippen molar-refractivity contribution in [2.24, 2.45) is 5.11 Å². The summed E-state index contributed by atoms with van der Waals surface area (Å²) >= 11 is 0. The molecular weight excluding hydrogens is 371 g/mol. The van der Waals surface area contributed by atoms with Gasteiger partial charge in [-0.05, 0) is 42.8 Å². The third kappa shape index (κ3) is 3.75. The van der Waals surface area contributed by atoms with Gasteiger partial charge in [0, 0.05) is 11.1 Å². The number of nitrogens with two attached hydrogens (primary N) is 1. The zero-order valence-electron chi connectivity index (χ0n) is 15.7. The fourth-order valence-electron chi connectivity index (χ4n) is 3.22. The average Bonchev–Trinajstić information content (AvgIpc) is 3.09. The number of hydrogen-bond donors (Lipinski definition) is 3. The number of hydrogen-bond acceptors (Lipinski definition) is 7. The first kappa shape index (κ1) is 18.5. The highest BCUT2D eigenvalue weighted by Gasteiger charge is 2.16. The van der Waals surface area contributed by atoms with Gasteiger partial charge in [-0.2, -0.15) is 10.2 Å². The molecule has 2 heterocycles. The molecule has 0 aliphatic rings. The summed E-state index contributed by atoms with van der Waals surface area (Å²) in [7, 11) is 0. The molecule has 0 saturated carbocycles. The quantitative estimate of drug-likeness (QED) is 0.421. The van der Waals surface area contributed by atoms with Crippen LogP contribution >= 0.6 is 0 Å². The summed E-state index contributed by atoms with van der Waals surface area (Å²) < 4.78 is 15.3. The van der Waals surface area contributed by atoms with Crippen molar-refractivity contribution >= 4 is 28.2 Å². The largest absolute Gasteiger partial charge is 0.383 e. The highest BCUT2D eigenvalue weighted by atomic mass is 19.1. The summed E-state index contributed by atoms with van der Waals surface area (Å²) in [5, 5.41) is 12.1. The molecule has 4 aromatic rings. The number of halogens is 1. The topological polar surface area (TPSA) is 118 Å². The number of fused-ring (bicyclic) bond motifs is 1. The molecule has 8 nitrogen and oxygen atoms in total. The summed E-state index contributed by atoms with van der Waals surface area (Å²) in [6, 6.07) is 11.8. The van der Waals surface area contributed by atoms with Crippen molar-refractivity contribution < 1.29 is 4.39 Å². The predicted molar refractivity (Wildman–Crippen MR) is 109 cm³/mol. The van der Waals surface area contributed by atoms with Crippen molar-refractivity contribution in [1.82, 2.24) is 19.7 Å². The first-order valence-corrected chi connectivity index (χ1v) is 8.99. The van der Waals surface area contributed by atoms with Crippen LogP contribution in [0.2, 0.25) is 0 Å². The molecule has 2 aromatic heterocycles. The number of rotatable bonds is 6. The Balaban J connectivity index is 1.63. The van der Waals surface area contributed by atoms with Gasteiger partial charge in [0.15, 0.2) is 0 Å². The van der Waals surface area contributed by atoms with Gasteiger partial charge in [-0.15, -0.1) is 0 Å². The first-order valence-electron chi connectivity index (χ1n) is 8.99. The molecule has 29 heavy (non-hydrogen) atoms. The van der Waals surface area contributed by atoms with Crippen molar-refractivity contribution in [2.75, 3.05) is 11.1 Å². The molecule has 0 aliphatic heterocycles. The molecule has 0 radical (unpaired) electrons. The first-order chi connectivity index (χ1) is 14.0. The van der Waals surface area contributed by atoms with E-state index in [-0.39, 0.29) is 11.6 Å². The normalized spacial score (nSPS) is 12.1. The van der Waals surface area contributed by atoms with Gasteiger partial charge >= 0.3 is 0 Å². The lowest BCUT2D eigenvalue weighted by Gasteiger charge is -2.14. The highest BCUT2D eigenvalue weighted by Crippen LogP contribution is 2.30. The van der Waals surface area contributed by atoms with Gasteiger partial charge in [0.25, 0.3) is 0 Å². The van der Waals surface area contributed by atoms with E-state index in [4.69, 9.17) is 11.3 Å². The molecule has 9 heteroatoms. The number of nitrogen functional groups attached to an aromatic ring is 1. The Morgan fingerprint density at radius 3 is 2.90 bits per heavy atom. The Morgan fingerprint density at radius 2 is 2.10 bits per heavy atom. The van der Waals surface area contributed by atoms with Gasteiger partial charge < -0.3 is 11.1 Å². The molecule has 2 aromatic carbocycles. The molecule has 4 rings (SSSR count). The molecule has 146 valence electrons. The number of benzene rings is 2. The van der Waals surface area contributed by atoms with E-state index in [1.165, 1.54) is 18.5 Å². The lowest BCUT2D eigenvalue weighted by atomic mass is 10.1. The predicted octanol–water partition coefficient (Wildman–Crippen LogP) is 4.43. The van der Waals surface area contributed by atoms with Crippen LogP contribution < -0.4 is 11.1 Å². The summed E-state index contributed by atoms with van der Waals surface area (Å²) in [5.41, 5.74) is 16.4. The Kier molecular flexibility index (Phi) is 4.86. The average molecular weight is 390 g/mol. The minimum atomic E-state index is -0.462. The van der Waals surface area contributed by atoms with E-state index < -0.39 is 6.04 Å². The summed E-state index contributed by atoms with van der Waals surface area (Å²) in [6.07, 6.45) is 3.13. The van der Waals surface area contributed by atoms with Crippen LogP contribution in [0.25, 0.3) is 10.9 Å². The lowest BCUT2D eigenvalue weighted by Crippen LogP contribution is -2.07. The van der Waals surface area contributed by atoms with Crippen LogP contribution in [0.4, 0.5) is 21.7 Å². The van der Waals surface area contributed by atoms with Gasteiger partial charge in [-0.25, -0.2) is 19.9 Å². The Labute approximate surface area is 166 Å². The Bertz CT molecular complexity index is 1190. The van der Waals surface area contributed by atoms with Crippen LogP contribution in [-0.2, 0) is 6.54 Å². The van der Waals surface area contributed by atoms with Crippen LogP contribution in [0.1, 0.15) is 24.1 Å². The van der Waals surface area contributed by atoms with Gasteiger partial charge in [0.1, 0.15) is 23.8 Å². The van der Waals surface area contributed by atoms with E-state index in [0.717, 1.165) is 22.2 Å². The maximum Gasteiger partial charge on any atom is 0.141 e. The molecule has 1 atom stereocenters. The second-order valence-corrected chi connectivity index (χ2v) is 6.66. The second kappa shape index (κ2) is 7.63. The fourth-order valence-corrected chi connectivity index (χ4v) is 3.22. The Morgan fingerprint density at radius 1 is 1.24 bits per heavy atom. The van der Waals surface area contributed by atoms with E-state index >= 15 is 0 Å². The van der Waals surface area contributed by atoms with Gasteiger partial charge in [-0.1, -0.05) is 12.1 Å². The van der Waals surface area contributed by atoms with Crippen molar-refractivity contribution in [2.45, 2.75) is 19.5 Å². The zero-order valence-corrected chi connectivity index (χ0v) is 15.7. The maximum atomic E-state index is 13.4. The number of nitrogens with one attached hydrogen (secondary N) is 2. The highest BCUT2D eigenvalue weighted by molar-refractivity contribution is 5.83. The fraction of sp³-hybridized carbons (Fsp3) is 0.150. The van der Waals surface area contributed by atoms with Gasteiger partial charge in [-0.3, -0.25) is 4.68 Å². The third-order valence-electron chi connectivity index (χ3n) is 4.65. The molecule has 0 saturated heterocycles. The molecule has 0 fully saturated rings. The van der Waals surface area contributed by atoms with Crippen LogP contribution in [0.15, 0.2) is 60.1 Å². The van der Waals surface area contributed by atoms with Crippen LogP contribution in [0, 0.1) is 11.3 Å².